The molecule has 2 aromatic rings. The van der Waals surface area contributed by atoms with E-state index < -0.39 is 5.97 Å². The van der Waals surface area contributed by atoms with Gasteiger partial charge >= 0.3 is 5.97 Å². The number of carboxylic acid groups (broad SMARTS) is 1. The number of hydrogen-bond donors (Lipinski definition) is 1. The van der Waals surface area contributed by atoms with E-state index in [1.807, 2.05) is 38.3 Å². The summed E-state index contributed by atoms with van der Waals surface area (Å²) in [6.45, 7) is 8.13. The van der Waals surface area contributed by atoms with E-state index in [0.717, 1.165) is 17.7 Å². The van der Waals surface area contributed by atoms with Gasteiger partial charge in [0.25, 0.3) is 0 Å². The fraction of sp³-hybridized carbons (Fsp3) is 0.500. The van der Waals surface area contributed by atoms with E-state index in [9.17, 15) is 4.79 Å². The summed E-state index contributed by atoms with van der Waals surface area (Å²) in [5, 5.41) is 17.9. The number of aromatic nitrogens is 3. The fourth-order valence-electron chi connectivity index (χ4n) is 2.08. The Balaban J connectivity index is 2.49. The van der Waals surface area contributed by atoms with Gasteiger partial charge in [-0.3, -0.25) is 9.36 Å². The summed E-state index contributed by atoms with van der Waals surface area (Å²) >= 11 is 1.17. The van der Waals surface area contributed by atoms with Crippen molar-refractivity contribution >= 4 is 17.7 Å². The number of hydrogen-bond acceptors (Lipinski definition) is 5. The minimum atomic E-state index is -0.873. The lowest BCUT2D eigenvalue weighted by Crippen LogP contribution is -2.24. The maximum Gasteiger partial charge on any atom is 0.313 e. The summed E-state index contributed by atoms with van der Waals surface area (Å²) in [4.78, 5) is 10.8. The number of furan rings is 1. The van der Waals surface area contributed by atoms with Crippen LogP contribution in [-0.2, 0) is 16.8 Å². The Morgan fingerprint density at radius 3 is 2.71 bits per heavy atom. The van der Waals surface area contributed by atoms with Gasteiger partial charge in [0.2, 0.25) is 0 Å². The van der Waals surface area contributed by atoms with E-state index >= 15 is 0 Å². The molecule has 0 aliphatic heterocycles. The van der Waals surface area contributed by atoms with Gasteiger partial charge in [-0.25, -0.2) is 0 Å². The van der Waals surface area contributed by atoms with Crippen LogP contribution < -0.4 is 0 Å². The summed E-state index contributed by atoms with van der Waals surface area (Å²) in [6.07, 6.45) is 2.40. The van der Waals surface area contributed by atoms with Crippen molar-refractivity contribution in [1.82, 2.24) is 14.8 Å². The van der Waals surface area contributed by atoms with Crippen LogP contribution in [0.2, 0.25) is 0 Å². The van der Waals surface area contributed by atoms with Crippen LogP contribution in [0.5, 0.6) is 0 Å². The Bertz CT molecular complexity index is 640. The molecule has 2 heterocycles. The number of nitrogens with zero attached hydrogens (tertiary/aromatic N) is 3. The molecule has 6 nitrogen and oxygen atoms in total. The molecule has 1 N–H and O–H groups in total. The van der Waals surface area contributed by atoms with E-state index in [4.69, 9.17) is 9.52 Å². The van der Waals surface area contributed by atoms with Crippen molar-refractivity contribution in [3.05, 3.63) is 18.1 Å². The second-order valence-electron chi connectivity index (χ2n) is 5.61. The van der Waals surface area contributed by atoms with Crippen molar-refractivity contribution in [2.45, 2.75) is 44.8 Å². The molecule has 0 atom stereocenters. The van der Waals surface area contributed by atoms with E-state index in [2.05, 4.69) is 10.2 Å². The zero-order valence-corrected chi connectivity index (χ0v) is 13.4. The zero-order valence-electron chi connectivity index (χ0n) is 12.6. The van der Waals surface area contributed by atoms with Gasteiger partial charge in [0.05, 0.1) is 17.6 Å². The standard InChI is InChI=1S/C14H19N3O3S/c1-5-10-9(6-7-20-10)12-15-16-13(21-8-11(18)19)17(12)14(2,3)4/h6-7H,5,8H2,1-4H3,(H,18,19). The number of aliphatic carboxylic acids is 1. The van der Waals surface area contributed by atoms with E-state index in [1.165, 1.54) is 11.8 Å². The predicted molar refractivity (Wildman–Crippen MR) is 80.5 cm³/mol. The average Bonchev–Trinajstić information content (AvgIpc) is 3.01. The third-order valence-electron chi connectivity index (χ3n) is 2.94. The van der Waals surface area contributed by atoms with Crippen LogP contribution in [-0.4, -0.2) is 31.6 Å². The first-order valence-corrected chi connectivity index (χ1v) is 7.70. The smallest absolute Gasteiger partial charge is 0.313 e. The molecule has 2 aromatic heterocycles. The van der Waals surface area contributed by atoms with Crippen molar-refractivity contribution in [1.29, 1.82) is 0 Å². The first-order chi connectivity index (χ1) is 9.84. The molecule has 0 fully saturated rings. The first-order valence-electron chi connectivity index (χ1n) is 6.71. The van der Waals surface area contributed by atoms with Gasteiger partial charge in [0.15, 0.2) is 11.0 Å². The monoisotopic (exact) mass is 309 g/mol. The van der Waals surface area contributed by atoms with Crippen LogP contribution in [0.25, 0.3) is 11.4 Å². The number of aryl methyl sites for hydroxylation is 1. The third-order valence-corrected chi connectivity index (χ3v) is 3.85. The van der Waals surface area contributed by atoms with Gasteiger partial charge in [0, 0.05) is 12.0 Å². The van der Waals surface area contributed by atoms with Gasteiger partial charge in [-0.15, -0.1) is 10.2 Å². The Hall–Kier alpha value is -1.76. The van der Waals surface area contributed by atoms with Crippen LogP contribution in [0, 0.1) is 0 Å². The van der Waals surface area contributed by atoms with Crippen LogP contribution in [0.1, 0.15) is 33.5 Å². The van der Waals surface area contributed by atoms with Gasteiger partial charge in [-0.1, -0.05) is 18.7 Å². The van der Waals surface area contributed by atoms with Gasteiger partial charge < -0.3 is 9.52 Å². The Morgan fingerprint density at radius 2 is 2.14 bits per heavy atom. The highest BCUT2D eigenvalue weighted by molar-refractivity contribution is 7.99. The summed E-state index contributed by atoms with van der Waals surface area (Å²) in [6, 6.07) is 1.87. The molecule has 0 amide bonds. The molecule has 114 valence electrons. The third kappa shape index (κ3) is 3.29. The van der Waals surface area contributed by atoms with Crippen molar-refractivity contribution in [3.63, 3.8) is 0 Å². The van der Waals surface area contributed by atoms with E-state index in [-0.39, 0.29) is 11.3 Å². The summed E-state index contributed by atoms with van der Waals surface area (Å²) in [5.74, 6) is 0.645. The highest BCUT2D eigenvalue weighted by atomic mass is 32.2. The van der Waals surface area contributed by atoms with Gasteiger partial charge in [-0.05, 0) is 26.8 Å². The fourth-order valence-corrected chi connectivity index (χ4v) is 2.92. The lowest BCUT2D eigenvalue weighted by atomic mass is 10.1. The molecule has 0 radical (unpaired) electrons. The second-order valence-corrected chi connectivity index (χ2v) is 6.55. The topological polar surface area (TPSA) is 81.2 Å². The van der Waals surface area contributed by atoms with Crippen molar-refractivity contribution < 1.29 is 14.3 Å². The molecular weight excluding hydrogens is 290 g/mol. The summed E-state index contributed by atoms with van der Waals surface area (Å²) in [7, 11) is 0. The molecule has 0 bridgehead atoms. The first kappa shape index (κ1) is 15.6. The number of rotatable bonds is 5. The van der Waals surface area contributed by atoms with Crippen molar-refractivity contribution in [2.75, 3.05) is 5.75 Å². The number of thioether (sulfide) groups is 1. The van der Waals surface area contributed by atoms with Gasteiger partial charge in [-0.2, -0.15) is 0 Å². The molecule has 0 aromatic carbocycles. The molecule has 0 unspecified atom stereocenters. The largest absolute Gasteiger partial charge is 0.481 e. The second kappa shape index (κ2) is 5.93. The minimum Gasteiger partial charge on any atom is -0.481 e. The quantitative estimate of drug-likeness (QED) is 0.855. The van der Waals surface area contributed by atoms with Crippen LogP contribution in [0.4, 0.5) is 0 Å². The van der Waals surface area contributed by atoms with E-state index in [1.54, 1.807) is 6.26 Å². The molecule has 2 rings (SSSR count). The maximum absolute atomic E-state index is 10.8. The highest BCUT2D eigenvalue weighted by Crippen LogP contribution is 2.32. The Labute approximate surface area is 127 Å². The average molecular weight is 309 g/mol. The SMILES string of the molecule is CCc1occc1-c1nnc(SCC(=O)O)n1C(C)(C)C. The highest BCUT2D eigenvalue weighted by Gasteiger charge is 2.26. The summed E-state index contributed by atoms with van der Waals surface area (Å²) < 4.78 is 7.42. The van der Waals surface area contributed by atoms with Crippen LogP contribution in [0.15, 0.2) is 21.9 Å². The zero-order chi connectivity index (χ0) is 15.6. The normalized spacial score (nSPS) is 11.8. The summed E-state index contributed by atoms with van der Waals surface area (Å²) in [5.41, 5.74) is 0.643. The minimum absolute atomic E-state index is 0.0414. The molecule has 21 heavy (non-hydrogen) atoms. The molecule has 0 saturated heterocycles. The molecule has 0 spiro atoms. The Kier molecular flexibility index (Phi) is 4.41. The molecule has 0 aliphatic carbocycles. The number of carboxylic acids is 1. The number of carbonyl (C=O) groups is 1. The van der Waals surface area contributed by atoms with Crippen LogP contribution >= 0.6 is 11.8 Å². The maximum atomic E-state index is 10.8. The van der Waals surface area contributed by atoms with Crippen molar-refractivity contribution in [2.24, 2.45) is 0 Å². The lowest BCUT2D eigenvalue weighted by molar-refractivity contribution is -0.133. The lowest BCUT2D eigenvalue weighted by Gasteiger charge is -2.24. The van der Waals surface area contributed by atoms with Crippen molar-refractivity contribution in [3.8, 4) is 11.4 Å². The Morgan fingerprint density at radius 1 is 1.43 bits per heavy atom. The molecule has 7 heteroatoms. The van der Waals surface area contributed by atoms with Crippen LogP contribution in [0.3, 0.4) is 0 Å². The predicted octanol–water partition coefficient (Wildman–Crippen LogP) is 3.03. The van der Waals surface area contributed by atoms with E-state index in [0.29, 0.717) is 11.0 Å². The molecule has 0 aliphatic rings. The van der Waals surface area contributed by atoms with Gasteiger partial charge in [0.1, 0.15) is 5.76 Å². The molecular formula is C14H19N3O3S. The molecule has 0 saturated carbocycles.